The molecular formula is C21H20N4O6S2. The number of aryl methyl sites for hydroxylation is 1. The van der Waals surface area contributed by atoms with Gasteiger partial charge in [0.15, 0.2) is 0 Å². The van der Waals surface area contributed by atoms with Crippen molar-refractivity contribution in [1.29, 1.82) is 0 Å². The van der Waals surface area contributed by atoms with Crippen LogP contribution in [0.15, 0.2) is 88.7 Å². The van der Waals surface area contributed by atoms with E-state index in [1.807, 2.05) is 9.44 Å². The van der Waals surface area contributed by atoms with Gasteiger partial charge in [-0.25, -0.2) is 35.9 Å². The molecule has 3 aromatic carbocycles. The Kier molecular flexibility index (Phi) is 6.99. The van der Waals surface area contributed by atoms with Gasteiger partial charge in [-0.2, -0.15) is 0 Å². The van der Waals surface area contributed by atoms with E-state index in [1.54, 1.807) is 25.1 Å². The number of rotatable bonds is 6. The summed E-state index contributed by atoms with van der Waals surface area (Å²) in [6, 6.07) is 17.1. The highest BCUT2D eigenvalue weighted by molar-refractivity contribution is 7.90. The van der Waals surface area contributed by atoms with Gasteiger partial charge in [-0.15, -0.1) is 0 Å². The van der Waals surface area contributed by atoms with Crippen LogP contribution in [0, 0.1) is 6.92 Å². The number of anilines is 2. The molecule has 0 aliphatic heterocycles. The number of urea groups is 2. The molecule has 0 aliphatic rings. The molecule has 3 rings (SSSR count). The van der Waals surface area contributed by atoms with Crippen molar-refractivity contribution in [3.8, 4) is 0 Å². The van der Waals surface area contributed by atoms with Gasteiger partial charge in [0, 0.05) is 11.4 Å². The summed E-state index contributed by atoms with van der Waals surface area (Å²) >= 11 is 0. The SMILES string of the molecule is Cc1ccc(NC(=O)NS(=O)(=O)c2ccccc2)cc1NC(=O)NS(=O)(=O)c1ccccc1. The number of sulfonamides is 2. The van der Waals surface area contributed by atoms with Crippen LogP contribution in [0.1, 0.15) is 5.56 Å². The van der Waals surface area contributed by atoms with Crippen LogP contribution in [-0.4, -0.2) is 28.9 Å². The molecule has 0 heterocycles. The predicted octanol–water partition coefficient (Wildman–Crippen LogP) is 3.02. The number of hydrogen-bond donors (Lipinski definition) is 4. The van der Waals surface area contributed by atoms with E-state index >= 15 is 0 Å². The number of hydrogen-bond acceptors (Lipinski definition) is 6. The van der Waals surface area contributed by atoms with Crippen molar-refractivity contribution in [2.45, 2.75) is 16.7 Å². The Labute approximate surface area is 191 Å². The molecule has 0 atom stereocenters. The molecule has 0 aliphatic carbocycles. The molecule has 0 spiro atoms. The lowest BCUT2D eigenvalue weighted by Crippen LogP contribution is -2.35. The standard InChI is InChI=1S/C21H20N4O6S2/c1-15-12-13-16(22-20(26)24-32(28,29)17-8-4-2-5-9-17)14-19(15)23-21(27)25-33(30,31)18-10-6-3-7-11-18/h2-14H,1H3,(H2,22,24,26)(H2,23,25,27). The summed E-state index contributed by atoms with van der Waals surface area (Å²) in [6.07, 6.45) is 0. The predicted molar refractivity (Wildman–Crippen MR) is 123 cm³/mol. The lowest BCUT2D eigenvalue weighted by atomic mass is 10.2. The summed E-state index contributed by atoms with van der Waals surface area (Å²) in [5.74, 6) is 0. The van der Waals surface area contributed by atoms with Gasteiger partial charge in [-0.1, -0.05) is 42.5 Å². The van der Waals surface area contributed by atoms with E-state index in [-0.39, 0.29) is 21.2 Å². The zero-order valence-corrected chi connectivity index (χ0v) is 18.9. The largest absolute Gasteiger partial charge is 0.333 e. The van der Waals surface area contributed by atoms with Crippen LogP contribution >= 0.6 is 0 Å². The van der Waals surface area contributed by atoms with Crippen LogP contribution < -0.4 is 20.1 Å². The lowest BCUT2D eigenvalue weighted by Gasteiger charge is -2.13. The minimum atomic E-state index is -4.08. The Morgan fingerprint density at radius 2 is 1.09 bits per heavy atom. The third-order valence-corrected chi connectivity index (χ3v) is 7.00. The first kappa shape index (κ1) is 23.8. The summed E-state index contributed by atoms with van der Waals surface area (Å²) < 4.78 is 52.9. The molecule has 12 heteroatoms. The quantitative estimate of drug-likeness (QED) is 0.419. The molecule has 4 N–H and O–H groups in total. The number of nitrogens with one attached hydrogen (secondary N) is 4. The average Bonchev–Trinajstić information content (AvgIpc) is 2.76. The van der Waals surface area contributed by atoms with Crippen molar-refractivity contribution >= 4 is 43.5 Å². The van der Waals surface area contributed by atoms with Gasteiger partial charge in [-0.05, 0) is 48.9 Å². The molecule has 0 aromatic heterocycles. The van der Waals surface area contributed by atoms with Crippen molar-refractivity contribution in [3.05, 3.63) is 84.4 Å². The third kappa shape index (κ3) is 6.30. The molecule has 4 amide bonds. The molecule has 3 aromatic rings. The number of carbonyl (C=O) groups is 2. The van der Waals surface area contributed by atoms with E-state index in [4.69, 9.17) is 0 Å². The number of benzene rings is 3. The van der Waals surface area contributed by atoms with E-state index < -0.39 is 32.1 Å². The summed E-state index contributed by atoms with van der Waals surface area (Å²) in [6.45, 7) is 1.66. The highest BCUT2D eigenvalue weighted by atomic mass is 32.2. The Hall–Kier alpha value is -3.90. The van der Waals surface area contributed by atoms with Gasteiger partial charge in [0.2, 0.25) is 0 Å². The van der Waals surface area contributed by atoms with Crippen molar-refractivity contribution < 1.29 is 26.4 Å². The van der Waals surface area contributed by atoms with Gasteiger partial charge in [0.05, 0.1) is 9.79 Å². The molecular weight excluding hydrogens is 468 g/mol. The lowest BCUT2D eigenvalue weighted by molar-refractivity contribution is 0.255. The van der Waals surface area contributed by atoms with Gasteiger partial charge in [-0.3, -0.25) is 0 Å². The smallest absolute Gasteiger partial charge is 0.307 e. The zero-order chi connectivity index (χ0) is 24.1. The maximum Gasteiger partial charge on any atom is 0.333 e. The molecule has 10 nitrogen and oxygen atoms in total. The fraction of sp³-hybridized carbons (Fsp3) is 0.0476. The maximum atomic E-state index is 12.3. The fourth-order valence-corrected chi connectivity index (χ4v) is 4.56. The van der Waals surface area contributed by atoms with E-state index in [9.17, 15) is 26.4 Å². The van der Waals surface area contributed by atoms with Crippen molar-refractivity contribution in [3.63, 3.8) is 0 Å². The maximum absolute atomic E-state index is 12.3. The molecule has 33 heavy (non-hydrogen) atoms. The number of amides is 4. The van der Waals surface area contributed by atoms with Gasteiger partial charge < -0.3 is 10.6 Å². The van der Waals surface area contributed by atoms with Gasteiger partial charge >= 0.3 is 12.1 Å². The normalized spacial score (nSPS) is 11.3. The molecule has 0 saturated heterocycles. The van der Waals surface area contributed by atoms with Crippen LogP contribution in [0.4, 0.5) is 21.0 Å². The molecule has 0 fully saturated rings. The Morgan fingerprint density at radius 1 is 0.636 bits per heavy atom. The molecule has 0 saturated carbocycles. The zero-order valence-electron chi connectivity index (χ0n) is 17.3. The monoisotopic (exact) mass is 488 g/mol. The van der Waals surface area contributed by atoms with E-state index in [0.717, 1.165) is 0 Å². The molecule has 0 bridgehead atoms. The second-order valence-electron chi connectivity index (χ2n) is 6.78. The summed E-state index contributed by atoms with van der Waals surface area (Å²) in [4.78, 5) is 24.3. The highest BCUT2D eigenvalue weighted by Crippen LogP contribution is 2.21. The van der Waals surface area contributed by atoms with Crippen LogP contribution in [0.5, 0.6) is 0 Å². The second-order valence-corrected chi connectivity index (χ2v) is 10.1. The van der Waals surface area contributed by atoms with Crippen LogP contribution in [-0.2, 0) is 20.0 Å². The average molecular weight is 489 g/mol. The Balaban J connectivity index is 1.68. The molecule has 0 radical (unpaired) electrons. The first-order valence-electron chi connectivity index (χ1n) is 9.45. The highest BCUT2D eigenvalue weighted by Gasteiger charge is 2.19. The summed E-state index contributed by atoms with van der Waals surface area (Å²) in [7, 11) is -8.15. The van der Waals surface area contributed by atoms with Gasteiger partial charge in [0.25, 0.3) is 20.0 Å². The van der Waals surface area contributed by atoms with Crippen LogP contribution in [0.3, 0.4) is 0 Å². The Bertz CT molecular complexity index is 1380. The topological polar surface area (TPSA) is 151 Å². The first-order chi connectivity index (χ1) is 15.6. The van der Waals surface area contributed by atoms with Crippen molar-refractivity contribution in [2.75, 3.05) is 10.6 Å². The minimum absolute atomic E-state index is 0.0800. The second kappa shape index (κ2) is 9.71. The van der Waals surface area contributed by atoms with Crippen LogP contribution in [0.2, 0.25) is 0 Å². The summed E-state index contributed by atoms with van der Waals surface area (Å²) in [5.41, 5.74) is 0.951. The number of carbonyl (C=O) groups excluding carboxylic acids is 2. The van der Waals surface area contributed by atoms with E-state index in [1.165, 1.54) is 60.7 Å². The molecule has 172 valence electrons. The minimum Gasteiger partial charge on any atom is -0.307 e. The molecule has 0 unspecified atom stereocenters. The van der Waals surface area contributed by atoms with E-state index in [0.29, 0.717) is 5.56 Å². The fourth-order valence-electron chi connectivity index (χ4n) is 2.70. The van der Waals surface area contributed by atoms with Gasteiger partial charge in [0.1, 0.15) is 0 Å². The van der Waals surface area contributed by atoms with E-state index in [2.05, 4.69) is 10.6 Å². The van der Waals surface area contributed by atoms with Crippen LogP contribution in [0.25, 0.3) is 0 Å². The van der Waals surface area contributed by atoms with Crippen molar-refractivity contribution in [2.24, 2.45) is 0 Å². The Morgan fingerprint density at radius 3 is 1.58 bits per heavy atom. The summed E-state index contributed by atoms with van der Waals surface area (Å²) in [5, 5.41) is 4.77. The first-order valence-corrected chi connectivity index (χ1v) is 12.4. The third-order valence-electron chi connectivity index (χ3n) is 4.30. The van der Waals surface area contributed by atoms with Crippen molar-refractivity contribution in [1.82, 2.24) is 9.44 Å².